The number of benzene rings is 1. The molecule has 23 heavy (non-hydrogen) atoms. The third-order valence-corrected chi connectivity index (χ3v) is 3.61. The first-order valence-corrected chi connectivity index (χ1v) is 6.87. The van der Waals surface area contributed by atoms with E-state index in [0.29, 0.717) is 24.2 Å². The number of hydrogen-bond acceptors (Lipinski definition) is 7. The van der Waals surface area contributed by atoms with E-state index in [-0.39, 0.29) is 5.69 Å². The lowest BCUT2D eigenvalue weighted by atomic mass is 10.0. The van der Waals surface area contributed by atoms with Crippen LogP contribution in [0.3, 0.4) is 0 Å². The molecule has 2 rings (SSSR count). The number of nitro benzene ring substituents is 1. The lowest BCUT2D eigenvalue weighted by molar-refractivity contribution is -0.384. The Morgan fingerprint density at radius 3 is 2.61 bits per heavy atom. The van der Waals surface area contributed by atoms with Gasteiger partial charge in [0.2, 0.25) is 0 Å². The summed E-state index contributed by atoms with van der Waals surface area (Å²) >= 11 is 0. The zero-order chi connectivity index (χ0) is 17.0. The van der Waals surface area contributed by atoms with Crippen LogP contribution < -0.4 is 4.90 Å². The summed E-state index contributed by atoms with van der Waals surface area (Å²) in [6.45, 7) is 0.540. The second kappa shape index (κ2) is 6.91. The summed E-state index contributed by atoms with van der Waals surface area (Å²) < 4.78 is 9.17. The van der Waals surface area contributed by atoms with Crippen molar-refractivity contribution in [2.45, 2.75) is 12.5 Å². The van der Waals surface area contributed by atoms with Gasteiger partial charge < -0.3 is 14.4 Å². The molecule has 0 N–H and O–H groups in total. The Morgan fingerprint density at radius 2 is 2.09 bits per heavy atom. The minimum atomic E-state index is -0.551. The second-order valence-corrected chi connectivity index (χ2v) is 4.88. The van der Waals surface area contributed by atoms with E-state index in [4.69, 9.17) is 4.74 Å². The summed E-state index contributed by atoms with van der Waals surface area (Å²) in [6, 6.07) is 4.04. The molecule has 0 spiro atoms. The molecule has 0 aliphatic carbocycles. The third kappa shape index (κ3) is 3.47. The molecule has 0 aromatic heterocycles. The fourth-order valence-corrected chi connectivity index (χ4v) is 2.32. The summed E-state index contributed by atoms with van der Waals surface area (Å²) in [5.41, 5.74) is 0.707. The highest BCUT2D eigenvalue weighted by Crippen LogP contribution is 2.35. The van der Waals surface area contributed by atoms with Gasteiger partial charge in [0.25, 0.3) is 5.69 Å². The fraction of sp³-hybridized carbons (Fsp3) is 0.333. The Kier molecular flexibility index (Phi) is 4.95. The summed E-state index contributed by atoms with van der Waals surface area (Å²) in [7, 11) is 2.53. The standard InChI is InChI=1S/C15H16N2O6/c1-22-14(18)6-4-10-3-5-11(13(9-10)17(20)21)16-8-7-12(16)15(19)23-2/h3-6,9,12H,7-8H2,1-2H3/b6-4-. The molecule has 1 unspecified atom stereocenters. The Bertz CT molecular complexity index is 670. The summed E-state index contributed by atoms with van der Waals surface area (Å²) in [6.07, 6.45) is 3.20. The molecular formula is C15H16N2O6. The van der Waals surface area contributed by atoms with E-state index in [9.17, 15) is 19.7 Å². The number of nitro groups is 1. The van der Waals surface area contributed by atoms with Crippen LogP contribution in [0.1, 0.15) is 12.0 Å². The van der Waals surface area contributed by atoms with Crippen molar-refractivity contribution in [3.8, 4) is 0 Å². The molecule has 0 radical (unpaired) electrons. The van der Waals surface area contributed by atoms with Crippen LogP contribution in [-0.2, 0) is 19.1 Å². The lowest BCUT2D eigenvalue weighted by Crippen LogP contribution is -2.53. The van der Waals surface area contributed by atoms with Gasteiger partial charge in [0, 0.05) is 18.7 Å². The van der Waals surface area contributed by atoms with Crippen molar-refractivity contribution in [1.29, 1.82) is 0 Å². The smallest absolute Gasteiger partial charge is 0.330 e. The number of nitrogens with zero attached hydrogens (tertiary/aromatic N) is 2. The summed E-state index contributed by atoms with van der Waals surface area (Å²) in [5, 5.41) is 11.3. The monoisotopic (exact) mass is 320 g/mol. The Labute approximate surface area is 132 Å². The van der Waals surface area contributed by atoms with Crippen LogP contribution in [0.4, 0.5) is 11.4 Å². The molecule has 0 bridgehead atoms. The van der Waals surface area contributed by atoms with Gasteiger partial charge in [0.1, 0.15) is 11.7 Å². The highest BCUT2D eigenvalue weighted by molar-refractivity contribution is 5.88. The maximum Gasteiger partial charge on any atom is 0.330 e. The number of anilines is 1. The van der Waals surface area contributed by atoms with Crippen LogP contribution in [0.15, 0.2) is 24.3 Å². The van der Waals surface area contributed by atoms with Gasteiger partial charge in [-0.05, 0) is 24.1 Å². The zero-order valence-corrected chi connectivity index (χ0v) is 12.7. The van der Waals surface area contributed by atoms with Crippen LogP contribution in [0.25, 0.3) is 6.08 Å². The highest BCUT2D eigenvalue weighted by Gasteiger charge is 2.38. The molecule has 0 saturated carbocycles. The van der Waals surface area contributed by atoms with E-state index in [1.165, 1.54) is 32.4 Å². The van der Waals surface area contributed by atoms with E-state index >= 15 is 0 Å². The Morgan fingerprint density at radius 1 is 1.35 bits per heavy atom. The van der Waals surface area contributed by atoms with Crippen LogP contribution in [0.2, 0.25) is 0 Å². The number of esters is 2. The van der Waals surface area contributed by atoms with Gasteiger partial charge in [-0.1, -0.05) is 6.07 Å². The van der Waals surface area contributed by atoms with Gasteiger partial charge >= 0.3 is 11.9 Å². The van der Waals surface area contributed by atoms with Gasteiger partial charge in [0.05, 0.1) is 19.1 Å². The van der Waals surface area contributed by atoms with E-state index in [0.717, 1.165) is 0 Å². The molecule has 1 aromatic rings. The molecule has 1 fully saturated rings. The summed E-state index contributed by atoms with van der Waals surface area (Å²) in [4.78, 5) is 35.1. The first-order valence-electron chi connectivity index (χ1n) is 6.87. The molecule has 8 nitrogen and oxygen atoms in total. The Balaban J connectivity index is 2.31. The second-order valence-electron chi connectivity index (χ2n) is 4.88. The molecule has 8 heteroatoms. The average molecular weight is 320 g/mol. The normalized spacial score (nSPS) is 16.8. The number of methoxy groups -OCH3 is 2. The number of rotatable bonds is 5. The third-order valence-electron chi connectivity index (χ3n) is 3.61. The first-order chi connectivity index (χ1) is 11.0. The maximum absolute atomic E-state index is 11.6. The van der Waals surface area contributed by atoms with Gasteiger partial charge in [-0.2, -0.15) is 0 Å². The van der Waals surface area contributed by atoms with E-state index < -0.39 is 22.9 Å². The molecule has 1 aromatic carbocycles. The van der Waals surface area contributed by atoms with Gasteiger partial charge in [-0.25, -0.2) is 9.59 Å². The Hall–Kier alpha value is -2.90. The number of carbonyl (C=O) groups is 2. The van der Waals surface area contributed by atoms with Crippen molar-refractivity contribution < 1.29 is 24.0 Å². The molecule has 1 aliphatic heterocycles. The van der Waals surface area contributed by atoms with E-state index in [2.05, 4.69) is 4.74 Å². The molecule has 1 aliphatic rings. The molecule has 122 valence electrons. The SMILES string of the molecule is COC(=O)/C=C\c1ccc(N2CCC2C(=O)OC)c([N+](=O)[O-])c1. The van der Waals surface area contributed by atoms with Gasteiger partial charge in [-0.3, -0.25) is 10.1 Å². The maximum atomic E-state index is 11.6. The number of hydrogen-bond donors (Lipinski definition) is 0. The van der Waals surface area contributed by atoms with Crippen LogP contribution in [0, 0.1) is 10.1 Å². The topological polar surface area (TPSA) is 99.0 Å². The van der Waals surface area contributed by atoms with Crippen LogP contribution in [0.5, 0.6) is 0 Å². The highest BCUT2D eigenvalue weighted by atomic mass is 16.6. The fourth-order valence-electron chi connectivity index (χ4n) is 2.32. The molecular weight excluding hydrogens is 304 g/mol. The van der Waals surface area contributed by atoms with Gasteiger partial charge in [-0.15, -0.1) is 0 Å². The van der Waals surface area contributed by atoms with Crippen molar-refractivity contribution in [2.75, 3.05) is 25.7 Å². The average Bonchev–Trinajstić information content (AvgIpc) is 2.51. The van der Waals surface area contributed by atoms with Crippen LogP contribution >= 0.6 is 0 Å². The predicted octanol–water partition coefficient (Wildman–Crippen LogP) is 1.53. The number of carbonyl (C=O) groups excluding carboxylic acids is 2. The molecule has 0 amide bonds. The van der Waals surface area contributed by atoms with Gasteiger partial charge in [0.15, 0.2) is 0 Å². The molecule has 1 atom stereocenters. The number of ether oxygens (including phenoxy) is 2. The molecule has 1 heterocycles. The summed E-state index contributed by atoms with van der Waals surface area (Å²) in [5.74, 6) is -0.967. The van der Waals surface area contributed by atoms with Crippen molar-refractivity contribution >= 4 is 29.4 Å². The minimum Gasteiger partial charge on any atom is -0.467 e. The quantitative estimate of drug-likeness (QED) is 0.351. The lowest BCUT2D eigenvalue weighted by Gasteiger charge is -2.40. The van der Waals surface area contributed by atoms with E-state index in [1.807, 2.05) is 0 Å². The minimum absolute atomic E-state index is 0.134. The van der Waals surface area contributed by atoms with E-state index in [1.54, 1.807) is 17.0 Å². The van der Waals surface area contributed by atoms with Crippen molar-refractivity contribution in [3.63, 3.8) is 0 Å². The van der Waals surface area contributed by atoms with Crippen LogP contribution in [-0.4, -0.2) is 43.7 Å². The predicted molar refractivity (Wildman–Crippen MR) is 81.9 cm³/mol. The first kappa shape index (κ1) is 16.5. The van der Waals surface area contributed by atoms with Crippen molar-refractivity contribution in [3.05, 3.63) is 40.0 Å². The largest absolute Gasteiger partial charge is 0.467 e. The molecule has 1 saturated heterocycles. The zero-order valence-electron chi connectivity index (χ0n) is 12.7. The van der Waals surface area contributed by atoms with Crippen molar-refractivity contribution in [1.82, 2.24) is 0 Å². The van der Waals surface area contributed by atoms with Crippen molar-refractivity contribution in [2.24, 2.45) is 0 Å².